The Morgan fingerprint density at radius 1 is 0.723 bits per heavy atom. The fourth-order valence-electron chi connectivity index (χ4n) is 6.11. The summed E-state index contributed by atoms with van der Waals surface area (Å²) in [5.74, 6) is 2.04. The third-order valence-electron chi connectivity index (χ3n) is 8.20. The summed E-state index contributed by atoms with van der Waals surface area (Å²) >= 11 is 0. The van der Waals surface area contributed by atoms with Crippen LogP contribution in [0.25, 0.3) is 44.4 Å². The van der Waals surface area contributed by atoms with E-state index in [4.69, 9.17) is 14.8 Å². The van der Waals surface area contributed by atoms with Gasteiger partial charge in [-0.2, -0.15) is 16.7 Å². The van der Waals surface area contributed by atoms with Crippen molar-refractivity contribution in [1.29, 1.82) is 0 Å². The van der Waals surface area contributed by atoms with Gasteiger partial charge in [-0.05, 0) is 66.4 Å². The van der Waals surface area contributed by atoms with Crippen molar-refractivity contribution in [2.75, 3.05) is 38.0 Å². The maximum Gasteiger partial charge on any atom is 2.00 e. The van der Waals surface area contributed by atoms with Crippen LogP contribution in [0.1, 0.15) is 16.7 Å². The van der Waals surface area contributed by atoms with Gasteiger partial charge in [-0.15, -0.1) is 35.7 Å². The predicted molar refractivity (Wildman–Crippen MR) is 188 cm³/mol. The van der Waals surface area contributed by atoms with Gasteiger partial charge in [0.15, 0.2) is 0 Å². The summed E-state index contributed by atoms with van der Waals surface area (Å²) in [7, 11) is 8.30. The van der Waals surface area contributed by atoms with Crippen molar-refractivity contribution in [3.8, 4) is 34.1 Å². The zero-order chi connectivity index (χ0) is 32.1. The maximum atomic E-state index is 6.45. The van der Waals surface area contributed by atoms with Crippen molar-refractivity contribution in [3.05, 3.63) is 120 Å². The zero-order valence-corrected chi connectivity index (χ0v) is 29.8. The van der Waals surface area contributed by atoms with Crippen molar-refractivity contribution in [2.24, 2.45) is 0 Å². The number of fused-ring (bicyclic) bond motifs is 3. The zero-order valence-electron chi connectivity index (χ0n) is 27.6. The van der Waals surface area contributed by atoms with Gasteiger partial charge in [0.2, 0.25) is 0 Å². The Morgan fingerprint density at radius 3 is 2.17 bits per heavy atom. The Kier molecular flexibility index (Phi) is 8.69. The van der Waals surface area contributed by atoms with E-state index in [9.17, 15) is 0 Å². The van der Waals surface area contributed by atoms with Gasteiger partial charge in [-0.1, -0.05) is 30.6 Å². The molecule has 0 amide bonds. The molecule has 0 spiro atoms. The second kappa shape index (κ2) is 12.7. The number of ether oxygens (including phenoxy) is 1. The summed E-state index contributed by atoms with van der Waals surface area (Å²) in [6, 6.07) is 32.0. The van der Waals surface area contributed by atoms with Gasteiger partial charge in [-0.3, -0.25) is 4.68 Å². The summed E-state index contributed by atoms with van der Waals surface area (Å²) in [6.07, 6.45) is 5.82. The quantitative estimate of drug-likeness (QED) is 0.152. The monoisotopic (exact) mass is 799 g/mol. The molecule has 7 aromatic rings. The largest absolute Gasteiger partial charge is 2.00 e. The molecule has 4 aromatic carbocycles. The first-order valence-corrected chi connectivity index (χ1v) is 15.3. The van der Waals surface area contributed by atoms with Gasteiger partial charge < -0.3 is 19.1 Å². The number of aromatic nitrogens is 4. The molecule has 0 fully saturated rings. The molecule has 0 atom stereocenters. The molecule has 238 valence electrons. The van der Waals surface area contributed by atoms with Crippen molar-refractivity contribution in [2.45, 2.75) is 20.8 Å². The Bertz CT molecular complexity index is 2220. The molecule has 0 saturated heterocycles. The maximum absolute atomic E-state index is 6.45. The second-order valence-corrected chi connectivity index (χ2v) is 12.3. The van der Waals surface area contributed by atoms with Gasteiger partial charge in [0.1, 0.15) is 5.82 Å². The van der Waals surface area contributed by atoms with Crippen LogP contribution in [0.3, 0.4) is 0 Å². The molecule has 0 aliphatic carbocycles. The minimum atomic E-state index is 0. The van der Waals surface area contributed by atoms with Crippen molar-refractivity contribution < 1.29 is 25.8 Å². The van der Waals surface area contributed by atoms with Crippen LogP contribution < -0.4 is 14.5 Å². The Labute approximate surface area is 290 Å². The SMILES string of the molecule is Cc1cc(Oc2[c-]c3c(cc2)c2ccccc2n3-c2cc(C)ccn2)[c-]c(-n2cc(-c3c(N(C)C)cc(C)cc3N(C)C)cn2)c1.[Pt+2]. The Morgan fingerprint density at radius 2 is 1.45 bits per heavy atom. The van der Waals surface area contributed by atoms with Crippen molar-refractivity contribution >= 4 is 33.2 Å². The average Bonchev–Trinajstić information content (AvgIpc) is 3.63. The van der Waals surface area contributed by atoms with Crippen LogP contribution in [-0.4, -0.2) is 47.5 Å². The molecule has 0 saturated carbocycles. The molecule has 0 radical (unpaired) electrons. The van der Waals surface area contributed by atoms with Crippen molar-refractivity contribution in [1.82, 2.24) is 19.3 Å². The minimum absolute atomic E-state index is 0. The standard InChI is InChI=1S/C39H36N6O.Pt/c1-25-14-15-40-38(20-25)45-34-11-9-8-10-32(34)33-13-12-30(22-35(33)45)46-31-17-26(2)16-29(21-31)44-24-28(23-41-44)39-36(42(4)5)18-27(3)19-37(39)43(6)7;/h8-20,23-24H,1-7H3;/q-2;+2. The van der Waals surface area contributed by atoms with Crippen LogP contribution in [-0.2, 0) is 21.1 Å². The number of hydrogen-bond donors (Lipinski definition) is 0. The fraction of sp³-hybridized carbons (Fsp3) is 0.179. The van der Waals surface area contributed by atoms with Crippen LogP contribution in [0.5, 0.6) is 11.5 Å². The first kappa shape index (κ1) is 32.1. The molecule has 8 heteroatoms. The number of pyridine rings is 1. The van der Waals surface area contributed by atoms with E-state index >= 15 is 0 Å². The van der Waals surface area contributed by atoms with Crippen LogP contribution in [0.2, 0.25) is 0 Å². The molecule has 0 unspecified atom stereocenters. The normalized spacial score (nSPS) is 11.1. The van der Waals surface area contributed by atoms with Crippen LogP contribution in [0.4, 0.5) is 11.4 Å². The fourth-order valence-corrected chi connectivity index (χ4v) is 6.11. The van der Waals surface area contributed by atoms with Gasteiger partial charge in [0.25, 0.3) is 0 Å². The second-order valence-electron chi connectivity index (χ2n) is 12.3. The van der Waals surface area contributed by atoms with E-state index < -0.39 is 0 Å². The van der Waals surface area contributed by atoms with E-state index in [0.29, 0.717) is 11.5 Å². The average molecular weight is 800 g/mol. The van der Waals surface area contributed by atoms with Crippen LogP contribution in [0, 0.1) is 32.9 Å². The number of anilines is 2. The summed E-state index contributed by atoms with van der Waals surface area (Å²) in [6.45, 7) is 6.26. The molecule has 0 aliphatic heterocycles. The third-order valence-corrected chi connectivity index (χ3v) is 8.20. The topological polar surface area (TPSA) is 51.4 Å². The molecule has 47 heavy (non-hydrogen) atoms. The van der Waals surface area contributed by atoms with Gasteiger partial charge in [0, 0.05) is 80.1 Å². The summed E-state index contributed by atoms with van der Waals surface area (Å²) in [4.78, 5) is 9.00. The van der Waals surface area contributed by atoms with E-state index in [2.05, 4.69) is 136 Å². The van der Waals surface area contributed by atoms with E-state index in [-0.39, 0.29) is 21.1 Å². The third kappa shape index (κ3) is 6.04. The van der Waals surface area contributed by atoms with Crippen molar-refractivity contribution in [3.63, 3.8) is 0 Å². The Hall–Kier alpha value is -4.87. The molecule has 7 nitrogen and oxygen atoms in total. The summed E-state index contributed by atoms with van der Waals surface area (Å²) in [5, 5.41) is 7.00. The molecular formula is C39H36N6OPt. The van der Waals surface area contributed by atoms with E-state index in [1.54, 1.807) is 0 Å². The molecule has 0 N–H and O–H groups in total. The van der Waals surface area contributed by atoms with Crippen LogP contribution in [0.15, 0.2) is 91.4 Å². The van der Waals surface area contributed by atoms with Crippen LogP contribution >= 0.6 is 0 Å². The number of aryl methyl sites for hydroxylation is 3. The molecule has 0 bridgehead atoms. The predicted octanol–water partition coefficient (Wildman–Crippen LogP) is 8.48. The molecule has 3 aromatic heterocycles. The number of nitrogens with zero attached hydrogens (tertiary/aromatic N) is 6. The van der Waals surface area contributed by atoms with Gasteiger partial charge >= 0.3 is 21.1 Å². The van der Waals surface area contributed by atoms with Gasteiger partial charge in [0.05, 0.1) is 6.20 Å². The summed E-state index contributed by atoms with van der Waals surface area (Å²) < 4.78 is 10.5. The summed E-state index contributed by atoms with van der Waals surface area (Å²) in [5.41, 5.74) is 10.6. The van der Waals surface area contributed by atoms with E-state index in [0.717, 1.165) is 66.9 Å². The molecule has 0 aliphatic rings. The molecule has 7 rings (SSSR count). The molecular weight excluding hydrogens is 764 g/mol. The Balaban J connectivity index is 0.00000386. The molecule has 3 heterocycles. The van der Waals surface area contributed by atoms with Gasteiger partial charge in [-0.25, -0.2) is 4.98 Å². The number of para-hydroxylation sites is 1. The number of rotatable bonds is 7. The van der Waals surface area contributed by atoms with E-state index in [1.807, 2.05) is 35.3 Å². The smallest absolute Gasteiger partial charge is 0.509 e. The van der Waals surface area contributed by atoms with E-state index in [1.165, 1.54) is 5.56 Å². The first-order valence-electron chi connectivity index (χ1n) is 15.3. The first-order chi connectivity index (χ1) is 22.2. The number of benzene rings is 4. The minimum Gasteiger partial charge on any atom is -0.509 e. The number of hydrogen-bond acceptors (Lipinski definition) is 5.